The Morgan fingerprint density at radius 1 is 1.45 bits per heavy atom. The van der Waals surface area contributed by atoms with E-state index >= 15 is 0 Å². The first-order valence-corrected chi connectivity index (χ1v) is 4.75. The summed E-state index contributed by atoms with van der Waals surface area (Å²) in [6.07, 6.45) is 2.53. The summed E-state index contributed by atoms with van der Waals surface area (Å²) in [5.41, 5.74) is 5.64. The highest BCUT2D eigenvalue weighted by Gasteiger charge is 2.28. The van der Waals surface area contributed by atoms with E-state index in [1.54, 1.807) is 0 Å². The topological polar surface area (TPSA) is 29.3 Å². The Kier molecular flexibility index (Phi) is 3.34. The van der Waals surface area contributed by atoms with Gasteiger partial charge in [0, 0.05) is 25.7 Å². The zero-order valence-electron chi connectivity index (χ0n) is 7.71. The summed E-state index contributed by atoms with van der Waals surface area (Å²) in [6.45, 7) is 7.88. The van der Waals surface area contributed by atoms with Gasteiger partial charge < -0.3 is 5.73 Å². The van der Waals surface area contributed by atoms with Crippen molar-refractivity contribution < 1.29 is 0 Å². The van der Waals surface area contributed by atoms with Crippen molar-refractivity contribution in [2.45, 2.75) is 32.7 Å². The molecule has 1 unspecified atom stereocenters. The van der Waals surface area contributed by atoms with Crippen LogP contribution in [-0.4, -0.2) is 30.6 Å². The van der Waals surface area contributed by atoms with Crippen LogP contribution in [0.3, 0.4) is 0 Å². The zero-order valence-corrected chi connectivity index (χ0v) is 7.71. The molecular formula is C9H20N2. The van der Waals surface area contributed by atoms with Crippen LogP contribution < -0.4 is 5.73 Å². The summed E-state index contributed by atoms with van der Waals surface area (Å²) in [6, 6.07) is 0.651. The lowest BCUT2D eigenvalue weighted by atomic mass is 9.94. The summed E-state index contributed by atoms with van der Waals surface area (Å²) in [5, 5.41) is 0. The van der Waals surface area contributed by atoms with E-state index in [2.05, 4.69) is 18.7 Å². The average Bonchev–Trinajstić information content (AvgIpc) is 1.95. The molecule has 0 saturated carbocycles. The lowest BCUT2D eigenvalue weighted by Crippen LogP contribution is -2.53. The maximum atomic E-state index is 5.64. The highest BCUT2D eigenvalue weighted by atomic mass is 15.2. The third-order valence-electron chi connectivity index (χ3n) is 2.82. The molecule has 66 valence electrons. The van der Waals surface area contributed by atoms with Crippen LogP contribution in [0.5, 0.6) is 0 Å². The Morgan fingerprint density at radius 3 is 2.45 bits per heavy atom. The van der Waals surface area contributed by atoms with Gasteiger partial charge in [0.1, 0.15) is 0 Å². The van der Waals surface area contributed by atoms with Gasteiger partial charge in [-0.2, -0.15) is 0 Å². The molecule has 1 aliphatic heterocycles. The molecule has 2 N–H and O–H groups in total. The monoisotopic (exact) mass is 156 g/mol. The lowest BCUT2D eigenvalue weighted by Gasteiger charge is -2.43. The second-order valence-electron chi connectivity index (χ2n) is 3.53. The Balaban J connectivity index is 2.19. The largest absolute Gasteiger partial charge is 0.329 e. The predicted octanol–water partition coefficient (Wildman–Crippen LogP) is 1.07. The molecule has 11 heavy (non-hydrogen) atoms. The number of likely N-dealkylation sites (tertiary alicyclic amines) is 1. The van der Waals surface area contributed by atoms with Crippen LogP contribution in [0.25, 0.3) is 0 Å². The zero-order chi connectivity index (χ0) is 8.27. The molecule has 0 aliphatic carbocycles. The summed E-state index contributed by atoms with van der Waals surface area (Å²) >= 11 is 0. The average molecular weight is 156 g/mol. The molecule has 2 nitrogen and oxygen atoms in total. The van der Waals surface area contributed by atoms with Crippen LogP contribution >= 0.6 is 0 Å². The van der Waals surface area contributed by atoms with Gasteiger partial charge in [-0.05, 0) is 12.3 Å². The first-order chi connectivity index (χ1) is 5.31. The lowest BCUT2D eigenvalue weighted by molar-refractivity contribution is 0.0522. The molecule has 1 saturated heterocycles. The molecule has 1 aliphatic rings. The summed E-state index contributed by atoms with van der Waals surface area (Å²) in [7, 11) is 0. The molecule has 2 heteroatoms. The minimum Gasteiger partial charge on any atom is -0.329 e. The van der Waals surface area contributed by atoms with Crippen molar-refractivity contribution in [2.75, 3.05) is 19.6 Å². The van der Waals surface area contributed by atoms with Gasteiger partial charge in [-0.15, -0.1) is 0 Å². The number of hydrogen-bond acceptors (Lipinski definition) is 2. The van der Waals surface area contributed by atoms with Gasteiger partial charge in [0.25, 0.3) is 0 Å². The predicted molar refractivity (Wildman–Crippen MR) is 48.5 cm³/mol. The van der Waals surface area contributed by atoms with Gasteiger partial charge in [0.15, 0.2) is 0 Å². The molecular weight excluding hydrogens is 136 g/mol. The summed E-state index contributed by atoms with van der Waals surface area (Å²) < 4.78 is 0. The van der Waals surface area contributed by atoms with Crippen molar-refractivity contribution in [3.05, 3.63) is 0 Å². The van der Waals surface area contributed by atoms with E-state index < -0.39 is 0 Å². The van der Waals surface area contributed by atoms with Crippen LogP contribution in [0.4, 0.5) is 0 Å². The fourth-order valence-electron chi connectivity index (χ4n) is 1.74. The third-order valence-corrected chi connectivity index (χ3v) is 2.82. The highest BCUT2D eigenvalue weighted by Crippen LogP contribution is 2.21. The van der Waals surface area contributed by atoms with Crippen molar-refractivity contribution in [1.82, 2.24) is 4.90 Å². The summed E-state index contributed by atoms with van der Waals surface area (Å²) in [4.78, 5) is 2.51. The van der Waals surface area contributed by atoms with E-state index in [1.807, 2.05) is 0 Å². The van der Waals surface area contributed by atoms with Crippen LogP contribution in [-0.2, 0) is 0 Å². The highest BCUT2D eigenvalue weighted by molar-refractivity contribution is 4.84. The van der Waals surface area contributed by atoms with Crippen LogP contribution in [0.2, 0.25) is 0 Å². The van der Waals surface area contributed by atoms with Gasteiger partial charge in [-0.25, -0.2) is 0 Å². The molecule has 0 aromatic heterocycles. The normalized spacial score (nSPS) is 23.2. The van der Waals surface area contributed by atoms with Crippen molar-refractivity contribution in [2.24, 2.45) is 11.7 Å². The van der Waals surface area contributed by atoms with Gasteiger partial charge in [0.2, 0.25) is 0 Å². The Labute approximate surface area is 69.8 Å². The fraction of sp³-hybridized carbons (Fsp3) is 1.00. The minimum atomic E-state index is 0.651. The van der Waals surface area contributed by atoms with Gasteiger partial charge in [-0.1, -0.05) is 20.3 Å². The number of nitrogens with zero attached hydrogens (tertiary/aromatic N) is 1. The summed E-state index contributed by atoms with van der Waals surface area (Å²) in [5.74, 6) is 0.954. The second-order valence-corrected chi connectivity index (χ2v) is 3.53. The number of nitrogens with two attached hydrogens (primary N) is 1. The van der Waals surface area contributed by atoms with Crippen LogP contribution in [0, 0.1) is 5.92 Å². The molecule has 1 atom stereocenters. The maximum Gasteiger partial charge on any atom is 0.0216 e. The molecule has 0 aromatic rings. The molecule has 1 heterocycles. The molecule has 0 aromatic carbocycles. The van der Waals surface area contributed by atoms with Crippen molar-refractivity contribution in [1.29, 1.82) is 0 Å². The quantitative estimate of drug-likeness (QED) is 0.659. The SMILES string of the molecule is CCC1CN(C(CC)CN)C1. The van der Waals surface area contributed by atoms with E-state index in [0.717, 1.165) is 12.5 Å². The molecule has 1 fully saturated rings. The van der Waals surface area contributed by atoms with Crippen molar-refractivity contribution >= 4 is 0 Å². The van der Waals surface area contributed by atoms with Crippen LogP contribution in [0.15, 0.2) is 0 Å². The number of rotatable bonds is 4. The van der Waals surface area contributed by atoms with E-state index in [0.29, 0.717) is 6.04 Å². The van der Waals surface area contributed by atoms with E-state index in [1.165, 1.54) is 25.9 Å². The first-order valence-electron chi connectivity index (χ1n) is 4.75. The van der Waals surface area contributed by atoms with E-state index in [9.17, 15) is 0 Å². The molecule has 0 amide bonds. The Hall–Kier alpha value is -0.0800. The minimum absolute atomic E-state index is 0.651. The molecule has 0 spiro atoms. The smallest absolute Gasteiger partial charge is 0.0216 e. The Morgan fingerprint density at radius 2 is 2.09 bits per heavy atom. The van der Waals surface area contributed by atoms with Crippen LogP contribution in [0.1, 0.15) is 26.7 Å². The standard InChI is InChI=1S/C9H20N2/c1-3-8-6-11(7-8)9(4-2)5-10/h8-9H,3-7,10H2,1-2H3. The van der Waals surface area contributed by atoms with E-state index in [4.69, 9.17) is 5.73 Å². The van der Waals surface area contributed by atoms with Crippen molar-refractivity contribution in [3.8, 4) is 0 Å². The Bertz CT molecular complexity index is 104. The number of hydrogen-bond donors (Lipinski definition) is 1. The maximum absolute atomic E-state index is 5.64. The molecule has 1 rings (SSSR count). The molecule has 0 bridgehead atoms. The van der Waals surface area contributed by atoms with Gasteiger partial charge in [0.05, 0.1) is 0 Å². The molecule has 0 radical (unpaired) electrons. The van der Waals surface area contributed by atoms with Gasteiger partial charge in [-0.3, -0.25) is 4.90 Å². The van der Waals surface area contributed by atoms with E-state index in [-0.39, 0.29) is 0 Å². The first kappa shape index (κ1) is 9.01. The fourth-order valence-corrected chi connectivity index (χ4v) is 1.74. The van der Waals surface area contributed by atoms with Crippen molar-refractivity contribution in [3.63, 3.8) is 0 Å². The third kappa shape index (κ3) is 1.94. The van der Waals surface area contributed by atoms with Gasteiger partial charge >= 0.3 is 0 Å². The second kappa shape index (κ2) is 4.07.